The maximum absolute atomic E-state index is 15.5. The minimum Gasteiger partial charge on any atom is -0.497 e. The van der Waals surface area contributed by atoms with Gasteiger partial charge in [-0.2, -0.15) is 0 Å². The zero-order valence-electron chi connectivity index (χ0n) is 72.9. The minimum absolute atomic E-state index is 0.0712. The van der Waals surface area contributed by atoms with E-state index in [4.69, 9.17) is 52.1 Å². The molecule has 2 saturated heterocycles. The van der Waals surface area contributed by atoms with E-state index in [9.17, 15) is 47.9 Å². The Bertz CT molecular complexity index is 7410. The molecule has 133 heavy (non-hydrogen) atoms. The number of methoxy groups -OCH3 is 4. The van der Waals surface area contributed by atoms with Crippen LogP contribution in [-0.4, -0.2) is 114 Å². The zero-order valence-corrected chi connectivity index (χ0v) is 79.4. The first-order chi connectivity index (χ1) is 63.9. The fourth-order valence-corrected chi connectivity index (χ4v) is 16.7. The van der Waals surface area contributed by atoms with Crippen LogP contribution in [0.25, 0.3) is 50.2 Å². The number of hydrogen-bond acceptors (Lipinski definition) is 21. The van der Waals surface area contributed by atoms with Crippen LogP contribution in [0.3, 0.4) is 0 Å². The lowest BCUT2D eigenvalue weighted by Gasteiger charge is -2.20. The molecule has 2 aliphatic rings. The number of halogens is 6. The van der Waals surface area contributed by atoms with Gasteiger partial charge in [-0.3, -0.25) is 56.2 Å². The normalized spacial score (nSPS) is 13.4. The van der Waals surface area contributed by atoms with Crippen LogP contribution in [0.4, 0.5) is 13.2 Å². The summed E-state index contributed by atoms with van der Waals surface area (Å²) in [4.78, 5) is 137. The molecule has 0 N–H and O–H groups in total. The number of esters is 1. The number of carbonyl (C=O) groups excluding carboxylic acids is 1. The van der Waals surface area contributed by atoms with Gasteiger partial charge < -0.3 is 52.1 Å². The molecule has 6 aromatic heterocycles. The van der Waals surface area contributed by atoms with Gasteiger partial charge in [-0.1, -0.05) is 54.6 Å². The number of fused-ring (bicyclic) bond motifs is 3. The number of aryl methyl sites for hydroxylation is 3. The van der Waals surface area contributed by atoms with E-state index in [1.807, 2.05) is 93.8 Å². The first kappa shape index (κ1) is 94.1. The predicted molar refractivity (Wildman–Crippen MR) is 516 cm³/mol. The largest absolute Gasteiger partial charge is 0.497 e. The number of ether oxygens (including phenoxy) is 11. The van der Waals surface area contributed by atoms with Gasteiger partial charge in [0.15, 0.2) is 0 Å². The lowest BCUT2D eigenvalue weighted by molar-refractivity contribution is 0.0599. The summed E-state index contributed by atoms with van der Waals surface area (Å²) in [6.07, 6.45) is 1.30. The van der Waals surface area contributed by atoms with E-state index < -0.39 is 73.8 Å². The molecule has 0 amide bonds. The van der Waals surface area contributed by atoms with Crippen molar-refractivity contribution in [3.8, 4) is 80.3 Å². The maximum Gasteiger partial charge on any atom is 0.338 e. The third-order valence-corrected chi connectivity index (χ3v) is 24.5. The topological polar surface area (TPSA) is 317 Å². The van der Waals surface area contributed by atoms with Gasteiger partial charge in [0.25, 0.3) is 33.4 Å². The van der Waals surface area contributed by atoms with Gasteiger partial charge in [-0.25, -0.2) is 46.1 Å². The highest BCUT2D eigenvalue weighted by Crippen LogP contribution is 2.39. The molecular formula is C97H83F3I3N9O21. The third-order valence-electron chi connectivity index (χ3n) is 22.5. The van der Waals surface area contributed by atoms with Gasteiger partial charge in [0.1, 0.15) is 126 Å². The second-order valence-electron chi connectivity index (χ2n) is 30.9. The standard InChI is InChI=1S/2C33H29FIN3O7.C31H25FIN3O7/c2*1-19-26(44-23-13-14-43-18-23)5-4-6-27(19)45-28-16-29(39)36(2)31-30(28)32(40)37(17-20-7-10-22(42-3)11-8-20)33(41)38(31)25-12-9-21(35)15-24(25)34;1-17-21(30(39)42-4)6-5-7-24(17)43-25-15-26(37)34(2)28-27(25)29(38)35(16-18-8-11-20(41-3)12-9-18)31(40)36(28)23-13-10-19(33)14-22(23)32/h2*4-12,15-16,23H,13-14,17-18H2,1-3H3;5-15H,16H2,1-4H3/t2*23-;/m10./s1. The molecule has 8 heterocycles. The molecule has 36 heteroatoms. The lowest BCUT2D eigenvalue weighted by Crippen LogP contribution is -2.42. The van der Waals surface area contributed by atoms with Gasteiger partial charge in [0, 0.05) is 79.6 Å². The Balaban J connectivity index is 0.000000152. The van der Waals surface area contributed by atoms with Crippen LogP contribution in [0.2, 0.25) is 0 Å². The van der Waals surface area contributed by atoms with Gasteiger partial charge in [0.05, 0.1) is 97.1 Å². The van der Waals surface area contributed by atoms with Crippen molar-refractivity contribution < 1.29 is 70.1 Å². The smallest absolute Gasteiger partial charge is 0.338 e. The van der Waals surface area contributed by atoms with Crippen molar-refractivity contribution in [2.24, 2.45) is 21.1 Å². The van der Waals surface area contributed by atoms with E-state index >= 15 is 13.2 Å². The molecule has 2 aliphatic heterocycles. The van der Waals surface area contributed by atoms with E-state index in [0.29, 0.717) is 111 Å². The van der Waals surface area contributed by atoms with Crippen molar-refractivity contribution in [3.63, 3.8) is 0 Å². The molecule has 17 rings (SSSR count). The van der Waals surface area contributed by atoms with E-state index in [1.54, 1.807) is 140 Å². The summed E-state index contributed by atoms with van der Waals surface area (Å²) in [5.41, 5.74) is -3.37. The first-order valence-corrected chi connectivity index (χ1v) is 44.4. The van der Waals surface area contributed by atoms with Crippen molar-refractivity contribution in [1.29, 1.82) is 0 Å². The number of nitrogens with zero attached hydrogens (tertiary/aromatic N) is 9. The van der Waals surface area contributed by atoms with E-state index in [2.05, 4.69) is 0 Å². The quantitative estimate of drug-likeness (QED) is 0.0424. The Kier molecular flexibility index (Phi) is 28.5. The summed E-state index contributed by atoms with van der Waals surface area (Å²) in [6, 6.07) is 52.2. The summed E-state index contributed by atoms with van der Waals surface area (Å²) in [5.74, 6) is 0.772. The Morgan fingerprint density at radius 1 is 0.376 bits per heavy atom. The SMILES string of the molecule is COC(=O)c1cccc(Oc2cc(=O)n(C)c3c2c(=O)n(Cc2ccc(OC)cc2)c(=O)n3-c2ccc(I)cc2F)c1C.COc1ccc(Cn2c(=O)c3c(Oc4cccc(O[C@@H]5CCOC5)c4C)cc(=O)n(C)c3n(-c3ccc(I)cc3F)c2=O)cc1.COc1ccc(Cn2c(=O)c3c(Oc4cccc(O[C@H]5CCOC5)c4C)cc(=O)n(C)c3n(-c3ccc(I)cc3F)c2=O)cc1. The molecule has 0 saturated carbocycles. The fourth-order valence-electron chi connectivity index (χ4n) is 15.4. The maximum atomic E-state index is 15.5. The highest BCUT2D eigenvalue weighted by molar-refractivity contribution is 14.1. The molecule has 15 aromatic rings. The molecule has 30 nitrogen and oxygen atoms in total. The average molecular weight is 2150 g/mol. The summed E-state index contributed by atoms with van der Waals surface area (Å²) < 4.78 is 120. The van der Waals surface area contributed by atoms with Crippen molar-refractivity contribution in [1.82, 2.24) is 41.1 Å². The number of pyridine rings is 3. The highest BCUT2D eigenvalue weighted by atomic mass is 127. The third kappa shape index (κ3) is 19.4. The summed E-state index contributed by atoms with van der Waals surface area (Å²) >= 11 is 5.88. The van der Waals surface area contributed by atoms with Gasteiger partial charge >= 0.3 is 23.0 Å². The molecule has 0 aliphatic carbocycles. The monoisotopic (exact) mass is 2150 g/mol. The second kappa shape index (κ2) is 40.2. The average Bonchev–Trinajstić information content (AvgIpc) is 0.834. The van der Waals surface area contributed by atoms with Gasteiger partial charge in [0.2, 0.25) is 0 Å². The van der Waals surface area contributed by atoms with E-state index in [0.717, 1.165) is 60.0 Å². The number of rotatable bonds is 23. The van der Waals surface area contributed by atoms with Gasteiger partial charge in [-0.15, -0.1) is 0 Å². The molecular weight excluding hydrogens is 2060 g/mol. The Labute approximate surface area is 794 Å². The first-order valence-electron chi connectivity index (χ1n) is 41.2. The molecule has 0 radical (unpaired) electrons. The van der Waals surface area contributed by atoms with Crippen LogP contribution in [0, 0.1) is 48.9 Å². The number of benzene rings is 9. The van der Waals surface area contributed by atoms with Gasteiger partial charge in [-0.05, 0) is 233 Å². The second-order valence-corrected chi connectivity index (χ2v) is 34.6. The summed E-state index contributed by atoms with van der Waals surface area (Å²) in [7, 11) is 10.1. The molecule has 0 spiro atoms. The zero-order chi connectivity index (χ0) is 94.7. The molecule has 2 fully saturated rings. The molecule has 2 atom stereocenters. The van der Waals surface area contributed by atoms with Crippen molar-refractivity contribution in [2.75, 3.05) is 54.9 Å². The van der Waals surface area contributed by atoms with Crippen molar-refractivity contribution >= 4 is 107 Å². The Morgan fingerprint density at radius 2 is 0.669 bits per heavy atom. The van der Waals surface area contributed by atoms with Crippen LogP contribution >= 0.6 is 67.8 Å². The van der Waals surface area contributed by atoms with Crippen molar-refractivity contribution in [2.45, 2.75) is 65.5 Å². The van der Waals surface area contributed by atoms with Crippen LogP contribution < -0.4 is 88.3 Å². The minimum atomic E-state index is -0.857. The van der Waals surface area contributed by atoms with Crippen molar-refractivity contribution in [3.05, 3.63) is 361 Å². The van der Waals surface area contributed by atoms with E-state index in [-0.39, 0.29) is 111 Å². The molecule has 0 bridgehead atoms. The lowest BCUT2D eigenvalue weighted by atomic mass is 10.1. The fraction of sp³-hybridized carbons (Fsp3) is 0.216. The Morgan fingerprint density at radius 3 is 0.947 bits per heavy atom. The van der Waals surface area contributed by atoms with Crippen LogP contribution in [0.15, 0.2) is 243 Å². The summed E-state index contributed by atoms with van der Waals surface area (Å²) in [5, 5.41) is -0.285. The summed E-state index contributed by atoms with van der Waals surface area (Å²) in [6.45, 7) is 7.01. The molecule has 0 unspecified atom stereocenters. The molecule has 9 aromatic carbocycles. The molecule has 684 valence electrons. The highest BCUT2D eigenvalue weighted by Gasteiger charge is 2.31. The van der Waals surface area contributed by atoms with E-state index in [1.165, 1.54) is 98.1 Å². The number of hydrogen-bond donors (Lipinski definition) is 0. The van der Waals surface area contributed by atoms with Crippen LogP contribution in [-0.2, 0) is 55.0 Å². The number of carbonyl (C=O) groups is 1. The van der Waals surface area contributed by atoms with Crippen LogP contribution in [0.1, 0.15) is 56.6 Å². The Hall–Kier alpha value is -13.6. The van der Waals surface area contributed by atoms with Crippen LogP contribution in [0.5, 0.6) is 63.2 Å². The number of aromatic nitrogens is 9. The predicted octanol–water partition coefficient (Wildman–Crippen LogP) is 14.4.